The first-order valence-electron chi connectivity index (χ1n) is 11.3. The molecule has 8 nitrogen and oxygen atoms in total. The van der Waals surface area contributed by atoms with Crippen LogP contribution in [0, 0.1) is 29.6 Å². The van der Waals surface area contributed by atoms with Crippen LogP contribution in [0.1, 0.15) is 25.8 Å². The molecule has 2 fully saturated rings. The molecule has 178 valence electrons. The highest BCUT2D eigenvalue weighted by Crippen LogP contribution is 2.52. The minimum absolute atomic E-state index is 0. The lowest BCUT2D eigenvalue weighted by Crippen LogP contribution is -2.43. The summed E-state index contributed by atoms with van der Waals surface area (Å²) in [7, 11) is 1.68. The van der Waals surface area contributed by atoms with E-state index in [-0.39, 0.29) is 71.3 Å². The van der Waals surface area contributed by atoms with Crippen LogP contribution < -0.4 is 16.0 Å². The van der Waals surface area contributed by atoms with Gasteiger partial charge in [0.15, 0.2) is 5.96 Å². The summed E-state index contributed by atoms with van der Waals surface area (Å²) in [6, 6.07) is 7.63. The average Bonchev–Trinajstić information content (AvgIpc) is 3.46. The van der Waals surface area contributed by atoms with E-state index in [0.717, 1.165) is 17.7 Å². The fourth-order valence-electron chi connectivity index (χ4n) is 4.87. The molecule has 9 heteroatoms. The van der Waals surface area contributed by atoms with E-state index < -0.39 is 0 Å². The fraction of sp³-hybridized carbons (Fsp3) is 0.500. The molecule has 2 bridgehead atoms. The number of anilines is 1. The number of hydrogen-bond donors (Lipinski definition) is 3. The molecule has 3 N–H and O–H groups in total. The standard InChI is InChI=1S/C24H31N5O3.HI/c1-14(2)21(30)28-18-8-4-15(5-9-18)13-27-24(25-3)26-10-11-29-22(31)19-16-6-7-17(12-16)20(19)23(29)32;/h4-9,14,16-17,19-20H,10-13H2,1-3H3,(H,28,30)(H2,25,26,27);1H. The number of amides is 3. The highest BCUT2D eigenvalue weighted by molar-refractivity contribution is 14.0. The largest absolute Gasteiger partial charge is 0.355 e. The smallest absolute Gasteiger partial charge is 0.233 e. The Morgan fingerprint density at radius 2 is 1.67 bits per heavy atom. The van der Waals surface area contributed by atoms with E-state index in [1.165, 1.54) is 4.90 Å². The number of likely N-dealkylation sites (tertiary alicyclic amines) is 1. The number of guanidine groups is 1. The van der Waals surface area contributed by atoms with Gasteiger partial charge in [0.2, 0.25) is 17.7 Å². The summed E-state index contributed by atoms with van der Waals surface area (Å²) in [6.07, 6.45) is 5.16. The van der Waals surface area contributed by atoms with E-state index in [1.54, 1.807) is 7.05 Å². The van der Waals surface area contributed by atoms with Gasteiger partial charge in [-0.25, -0.2) is 0 Å². The summed E-state index contributed by atoms with van der Waals surface area (Å²) >= 11 is 0. The number of benzene rings is 1. The van der Waals surface area contributed by atoms with Crippen LogP contribution in [-0.4, -0.2) is 48.7 Å². The number of fused-ring (bicyclic) bond motifs is 5. The number of nitrogens with one attached hydrogen (secondary N) is 3. The van der Waals surface area contributed by atoms with Crippen molar-refractivity contribution in [2.24, 2.45) is 34.6 Å². The molecule has 1 aliphatic heterocycles. The van der Waals surface area contributed by atoms with Gasteiger partial charge in [-0.15, -0.1) is 24.0 Å². The molecule has 1 aromatic rings. The Labute approximate surface area is 211 Å². The van der Waals surface area contributed by atoms with Crippen molar-refractivity contribution >= 4 is 53.3 Å². The molecule has 0 aromatic heterocycles. The quantitative estimate of drug-likeness (QED) is 0.155. The van der Waals surface area contributed by atoms with Crippen molar-refractivity contribution in [2.75, 3.05) is 25.5 Å². The third-order valence-electron chi connectivity index (χ3n) is 6.62. The maximum absolute atomic E-state index is 12.7. The predicted octanol–water partition coefficient (Wildman–Crippen LogP) is 2.37. The Morgan fingerprint density at radius 3 is 2.21 bits per heavy atom. The third-order valence-corrected chi connectivity index (χ3v) is 6.62. The molecule has 4 unspecified atom stereocenters. The Hall–Kier alpha value is -2.43. The number of imide groups is 1. The molecule has 3 amide bonds. The molecule has 2 aliphatic carbocycles. The Balaban J connectivity index is 0.00000306. The Kier molecular flexibility index (Phi) is 8.14. The molecule has 1 aromatic carbocycles. The van der Waals surface area contributed by atoms with Crippen molar-refractivity contribution in [3.05, 3.63) is 42.0 Å². The van der Waals surface area contributed by atoms with Crippen LogP contribution in [0.2, 0.25) is 0 Å². The topological polar surface area (TPSA) is 103 Å². The van der Waals surface area contributed by atoms with Gasteiger partial charge in [0.05, 0.1) is 11.8 Å². The number of nitrogens with zero attached hydrogens (tertiary/aromatic N) is 2. The molecule has 1 heterocycles. The summed E-state index contributed by atoms with van der Waals surface area (Å²) in [5, 5.41) is 9.28. The molecular weight excluding hydrogens is 533 g/mol. The zero-order valence-corrected chi connectivity index (χ0v) is 21.5. The number of carbonyl (C=O) groups excluding carboxylic acids is 3. The van der Waals surface area contributed by atoms with Gasteiger partial charge in [0, 0.05) is 38.3 Å². The van der Waals surface area contributed by atoms with Crippen LogP contribution in [0.15, 0.2) is 41.4 Å². The summed E-state index contributed by atoms with van der Waals surface area (Å²) in [5.74, 6) is 0.649. The second-order valence-electron chi connectivity index (χ2n) is 9.02. The molecule has 1 saturated heterocycles. The maximum Gasteiger partial charge on any atom is 0.233 e. The van der Waals surface area contributed by atoms with Gasteiger partial charge in [-0.1, -0.05) is 38.1 Å². The monoisotopic (exact) mass is 565 g/mol. The lowest BCUT2D eigenvalue weighted by atomic mass is 9.85. The highest BCUT2D eigenvalue weighted by atomic mass is 127. The normalized spacial score (nSPS) is 25.3. The van der Waals surface area contributed by atoms with E-state index in [9.17, 15) is 14.4 Å². The van der Waals surface area contributed by atoms with Crippen LogP contribution in [0.5, 0.6) is 0 Å². The first kappa shape index (κ1) is 25.2. The molecule has 3 aliphatic rings. The molecule has 0 spiro atoms. The van der Waals surface area contributed by atoms with Crippen molar-refractivity contribution in [2.45, 2.75) is 26.8 Å². The summed E-state index contributed by atoms with van der Waals surface area (Å²) in [5.41, 5.74) is 1.81. The second-order valence-corrected chi connectivity index (χ2v) is 9.02. The Bertz CT molecular complexity index is 929. The first-order chi connectivity index (χ1) is 15.4. The van der Waals surface area contributed by atoms with Crippen LogP contribution >= 0.6 is 24.0 Å². The number of aliphatic imine (C=N–C) groups is 1. The van der Waals surface area contributed by atoms with Gasteiger partial charge < -0.3 is 16.0 Å². The minimum atomic E-state index is -0.150. The van der Waals surface area contributed by atoms with Gasteiger partial charge in [-0.05, 0) is 36.0 Å². The van der Waals surface area contributed by atoms with Gasteiger partial charge in [-0.3, -0.25) is 24.3 Å². The van der Waals surface area contributed by atoms with Gasteiger partial charge in [-0.2, -0.15) is 0 Å². The fourth-order valence-corrected chi connectivity index (χ4v) is 4.87. The van der Waals surface area contributed by atoms with Crippen molar-refractivity contribution in [1.82, 2.24) is 15.5 Å². The molecule has 4 rings (SSSR count). The number of rotatable bonds is 7. The molecule has 0 radical (unpaired) electrons. The number of allylic oxidation sites excluding steroid dienone is 2. The zero-order valence-electron chi connectivity index (χ0n) is 19.2. The number of halogens is 1. The SMILES string of the molecule is CN=C(NCCN1C(=O)C2C3C=CC(C3)C2C1=O)NCc1ccc(NC(=O)C(C)C)cc1.I. The molecule has 33 heavy (non-hydrogen) atoms. The van der Waals surface area contributed by atoms with E-state index in [4.69, 9.17) is 0 Å². The van der Waals surface area contributed by atoms with Crippen LogP contribution in [0.4, 0.5) is 5.69 Å². The van der Waals surface area contributed by atoms with E-state index >= 15 is 0 Å². The van der Waals surface area contributed by atoms with Crippen LogP contribution in [0.25, 0.3) is 0 Å². The van der Waals surface area contributed by atoms with Crippen LogP contribution in [0.3, 0.4) is 0 Å². The average molecular weight is 565 g/mol. The number of carbonyl (C=O) groups is 3. The van der Waals surface area contributed by atoms with E-state index in [2.05, 4.69) is 33.1 Å². The lowest BCUT2D eigenvalue weighted by Gasteiger charge is -2.18. The van der Waals surface area contributed by atoms with Crippen molar-refractivity contribution < 1.29 is 14.4 Å². The Morgan fingerprint density at radius 1 is 1.06 bits per heavy atom. The van der Waals surface area contributed by atoms with Crippen molar-refractivity contribution in [1.29, 1.82) is 0 Å². The summed E-state index contributed by atoms with van der Waals surface area (Å²) in [6.45, 7) is 5.05. The van der Waals surface area contributed by atoms with Crippen molar-refractivity contribution in [3.8, 4) is 0 Å². The van der Waals surface area contributed by atoms with E-state index in [0.29, 0.717) is 25.6 Å². The molecular formula is C24H32IN5O3. The molecule has 4 atom stereocenters. The number of hydrogen-bond acceptors (Lipinski definition) is 4. The van der Waals surface area contributed by atoms with Gasteiger partial charge >= 0.3 is 0 Å². The second kappa shape index (κ2) is 10.7. The zero-order chi connectivity index (χ0) is 22.8. The van der Waals surface area contributed by atoms with Gasteiger partial charge in [0.25, 0.3) is 0 Å². The maximum atomic E-state index is 12.7. The highest BCUT2D eigenvalue weighted by Gasteiger charge is 2.58. The van der Waals surface area contributed by atoms with Crippen LogP contribution in [-0.2, 0) is 20.9 Å². The first-order valence-corrected chi connectivity index (χ1v) is 11.3. The minimum Gasteiger partial charge on any atom is -0.355 e. The predicted molar refractivity (Wildman–Crippen MR) is 138 cm³/mol. The summed E-state index contributed by atoms with van der Waals surface area (Å²) in [4.78, 5) is 42.9. The molecule has 1 saturated carbocycles. The van der Waals surface area contributed by atoms with E-state index in [1.807, 2.05) is 38.1 Å². The third kappa shape index (κ3) is 5.23. The van der Waals surface area contributed by atoms with Crippen molar-refractivity contribution in [3.63, 3.8) is 0 Å². The lowest BCUT2D eigenvalue weighted by molar-refractivity contribution is -0.140. The van der Waals surface area contributed by atoms with Gasteiger partial charge in [0.1, 0.15) is 0 Å². The summed E-state index contributed by atoms with van der Waals surface area (Å²) < 4.78 is 0.